The maximum atomic E-state index is 14.0. The Balaban J connectivity index is 1.44. The first kappa shape index (κ1) is 28.8. The number of nitrogens with one attached hydrogen (secondary N) is 1. The molecule has 0 saturated heterocycles. The number of rotatable bonds is 7. The number of halogens is 1. The van der Waals surface area contributed by atoms with Gasteiger partial charge in [0, 0.05) is 28.9 Å². The molecule has 3 heterocycles. The molecule has 0 spiro atoms. The number of thiazole rings is 1. The van der Waals surface area contributed by atoms with Crippen molar-refractivity contribution >= 4 is 46.3 Å². The number of nitro benzene ring substituents is 1. The van der Waals surface area contributed by atoms with Crippen LogP contribution in [0.2, 0.25) is 5.02 Å². The van der Waals surface area contributed by atoms with Gasteiger partial charge < -0.3 is 14.5 Å². The Morgan fingerprint density at radius 2 is 1.86 bits per heavy atom. The summed E-state index contributed by atoms with van der Waals surface area (Å²) in [5.41, 5.74) is 2.02. The number of carbonyl (C=O) groups excluding carboxylic acids is 1. The third kappa shape index (κ3) is 5.46. The lowest BCUT2D eigenvalue weighted by atomic mass is 9.95. The third-order valence-corrected chi connectivity index (χ3v) is 8.28. The maximum Gasteiger partial charge on any atom is 0.271 e. The molecule has 6 rings (SSSR count). The Labute approximate surface area is 259 Å². The second-order valence-corrected chi connectivity index (χ2v) is 11.2. The fourth-order valence-electron chi connectivity index (χ4n) is 5.00. The van der Waals surface area contributed by atoms with Gasteiger partial charge in [0.1, 0.15) is 17.3 Å². The fraction of sp³-hybridized carbons (Fsp3) is 0.0938. The van der Waals surface area contributed by atoms with E-state index in [2.05, 4.69) is 10.3 Å². The quantitative estimate of drug-likeness (QED) is 0.182. The van der Waals surface area contributed by atoms with Crippen LogP contribution in [0.1, 0.15) is 24.3 Å². The highest BCUT2D eigenvalue weighted by atomic mass is 35.5. The van der Waals surface area contributed by atoms with Crippen LogP contribution in [0.5, 0.6) is 5.75 Å². The number of hydrogen-bond donors (Lipinski definition) is 1. The predicted molar refractivity (Wildman–Crippen MR) is 168 cm³/mol. The lowest BCUT2D eigenvalue weighted by Crippen LogP contribution is -2.40. The number of non-ortho nitro benzene ring substituents is 1. The van der Waals surface area contributed by atoms with Gasteiger partial charge in [0.2, 0.25) is 0 Å². The fourth-order valence-corrected chi connectivity index (χ4v) is 6.15. The molecule has 10 nitrogen and oxygen atoms in total. The molecule has 2 aromatic heterocycles. The molecule has 0 bridgehead atoms. The number of nitro groups is 1. The van der Waals surface area contributed by atoms with Crippen molar-refractivity contribution in [3.8, 4) is 17.1 Å². The zero-order valence-corrected chi connectivity index (χ0v) is 24.9. The van der Waals surface area contributed by atoms with Gasteiger partial charge in [-0.2, -0.15) is 0 Å². The van der Waals surface area contributed by atoms with Gasteiger partial charge in [-0.3, -0.25) is 24.3 Å². The number of anilines is 1. The van der Waals surface area contributed by atoms with E-state index in [9.17, 15) is 19.7 Å². The van der Waals surface area contributed by atoms with Gasteiger partial charge in [-0.05, 0) is 55.0 Å². The molecule has 5 aromatic rings. The summed E-state index contributed by atoms with van der Waals surface area (Å²) >= 11 is 7.33. The van der Waals surface area contributed by atoms with Crippen molar-refractivity contribution in [2.45, 2.75) is 13.0 Å². The molecule has 1 unspecified atom stereocenters. The lowest BCUT2D eigenvalue weighted by molar-refractivity contribution is -0.384. The monoisotopic (exact) mass is 626 g/mol. The number of nitrogens with zero attached hydrogens (tertiary/aromatic N) is 3. The number of para-hydroxylation sites is 1. The first-order valence-electron chi connectivity index (χ1n) is 13.3. The zero-order valence-electron chi connectivity index (χ0n) is 23.3. The summed E-state index contributed by atoms with van der Waals surface area (Å²) in [5.74, 6) is 0.697. The molecule has 0 radical (unpaired) electrons. The van der Waals surface area contributed by atoms with Crippen LogP contribution in [0.15, 0.2) is 110 Å². The van der Waals surface area contributed by atoms with Crippen LogP contribution in [0.3, 0.4) is 0 Å². The lowest BCUT2D eigenvalue weighted by Gasteiger charge is -2.25. The largest absolute Gasteiger partial charge is 0.496 e. The van der Waals surface area contributed by atoms with Crippen LogP contribution in [-0.2, 0) is 4.79 Å². The second-order valence-electron chi connectivity index (χ2n) is 9.80. The Hall–Kier alpha value is -5.26. The first-order chi connectivity index (χ1) is 21.2. The first-order valence-corrected chi connectivity index (χ1v) is 14.5. The van der Waals surface area contributed by atoms with Crippen molar-refractivity contribution in [1.29, 1.82) is 0 Å². The number of benzene rings is 3. The van der Waals surface area contributed by atoms with E-state index in [0.29, 0.717) is 59.7 Å². The van der Waals surface area contributed by atoms with Crippen LogP contribution < -0.4 is 24.9 Å². The van der Waals surface area contributed by atoms with E-state index < -0.39 is 11.0 Å². The molecular weight excluding hydrogens is 604 g/mol. The summed E-state index contributed by atoms with van der Waals surface area (Å²) in [6.07, 6.45) is 1.58. The molecular formula is C32H23ClN4O6S. The van der Waals surface area contributed by atoms with E-state index >= 15 is 0 Å². The molecule has 1 amide bonds. The Morgan fingerprint density at radius 3 is 2.57 bits per heavy atom. The molecule has 1 aliphatic heterocycles. The highest BCUT2D eigenvalue weighted by Gasteiger charge is 2.32. The average Bonchev–Trinajstić information content (AvgIpc) is 3.61. The Morgan fingerprint density at radius 1 is 1.11 bits per heavy atom. The number of methoxy groups -OCH3 is 1. The summed E-state index contributed by atoms with van der Waals surface area (Å²) in [4.78, 5) is 43.5. The van der Waals surface area contributed by atoms with Crippen LogP contribution in [0.25, 0.3) is 17.4 Å². The molecule has 1 N–H and O–H groups in total. The Bertz CT molecular complexity index is 2130. The molecule has 0 saturated carbocycles. The smallest absolute Gasteiger partial charge is 0.271 e. The minimum absolute atomic E-state index is 0.114. The van der Waals surface area contributed by atoms with Crippen molar-refractivity contribution in [2.24, 2.45) is 4.99 Å². The highest BCUT2D eigenvalue weighted by Crippen LogP contribution is 2.35. The third-order valence-electron chi connectivity index (χ3n) is 7.04. The predicted octanol–water partition coefficient (Wildman–Crippen LogP) is 5.70. The molecule has 0 aliphatic carbocycles. The van der Waals surface area contributed by atoms with Crippen molar-refractivity contribution < 1.29 is 18.9 Å². The van der Waals surface area contributed by atoms with E-state index in [1.165, 1.54) is 29.9 Å². The van der Waals surface area contributed by atoms with Crippen LogP contribution in [0.4, 0.5) is 11.4 Å². The molecule has 44 heavy (non-hydrogen) atoms. The van der Waals surface area contributed by atoms with E-state index in [1.807, 2.05) is 18.2 Å². The molecule has 1 atom stereocenters. The van der Waals surface area contributed by atoms with Gasteiger partial charge >= 0.3 is 0 Å². The maximum absolute atomic E-state index is 14.0. The van der Waals surface area contributed by atoms with E-state index in [-0.39, 0.29) is 17.2 Å². The Kier molecular flexibility index (Phi) is 7.73. The van der Waals surface area contributed by atoms with Gasteiger partial charge in [0.05, 0.1) is 39.4 Å². The highest BCUT2D eigenvalue weighted by molar-refractivity contribution is 7.07. The summed E-state index contributed by atoms with van der Waals surface area (Å²) in [6, 6.07) is 22.8. The average molecular weight is 627 g/mol. The van der Waals surface area contributed by atoms with Gasteiger partial charge in [-0.15, -0.1) is 0 Å². The van der Waals surface area contributed by atoms with Gasteiger partial charge in [0.15, 0.2) is 4.80 Å². The molecule has 12 heteroatoms. The van der Waals surface area contributed by atoms with Crippen molar-refractivity contribution in [3.05, 3.63) is 142 Å². The standard InChI is InChI=1S/C32H23ClN4O6S/c1-18-28(30(38)35-21-6-4-3-5-7-21)29(19-8-10-20(33)11-9-19)36-31(39)27(44-32(36)34-18)17-23-13-15-26(43-23)24-16-22(37(40)41)12-14-25(24)42-2/h3-17,29H,1-2H3,(H,35,38)/b27-17-. The molecule has 3 aromatic carbocycles. The van der Waals surface area contributed by atoms with Gasteiger partial charge in [-0.25, -0.2) is 4.99 Å². The van der Waals surface area contributed by atoms with E-state index in [4.69, 9.17) is 20.8 Å². The minimum atomic E-state index is -0.768. The number of ether oxygens (including phenoxy) is 1. The molecule has 0 fully saturated rings. The van der Waals surface area contributed by atoms with Crippen molar-refractivity contribution in [3.63, 3.8) is 0 Å². The number of allylic oxidation sites excluding steroid dienone is 1. The summed E-state index contributed by atoms with van der Waals surface area (Å²) in [7, 11) is 1.46. The van der Waals surface area contributed by atoms with Crippen LogP contribution in [-0.4, -0.2) is 22.5 Å². The van der Waals surface area contributed by atoms with Gasteiger partial charge in [-0.1, -0.05) is 53.3 Å². The topological polar surface area (TPSA) is 129 Å². The zero-order chi connectivity index (χ0) is 31.0. The SMILES string of the molecule is COc1ccc([N+](=O)[O-])cc1-c1ccc(/C=c2\sc3n(c2=O)C(c2ccc(Cl)cc2)C(C(=O)Nc2ccccc2)=C(C)N=3)o1. The summed E-state index contributed by atoms with van der Waals surface area (Å²) in [6.45, 7) is 1.74. The van der Waals surface area contributed by atoms with E-state index in [1.54, 1.807) is 61.5 Å². The molecule has 220 valence electrons. The number of furan rings is 1. The number of hydrogen-bond acceptors (Lipinski definition) is 8. The van der Waals surface area contributed by atoms with Gasteiger partial charge in [0.25, 0.3) is 17.2 Å². The van der Waals surface area contributed by atoms with Crippen molar-refractivity contribution in [2.75, 3.05) is 12.4 Å². The number of aromatic nitrogens is 1. The summed E-state index contributed by atoms with van der Waals surface area (Å²) in [5, 5.41) is 14.8. The van der Waals surface area contributed by atoms with Crippen LogP contribution in [0, 0.1) is 10.1 Å². The normalized spacial score (nSPS) is 14.6. The number of carbonyl (C=O) groups is 1. The number of amides is 1. The van der Waals surface area contributed by atoms with E-state index in [0.717, 1.165) is 11.3 Å². The second kappa shape index (κ2) is 11.8. The minimum Gasteiger partial charge on any atom is -0.496 e. The van der Waals surface area contributed by atoms with Crippen LogP contribution >= 0.6 is 22.9 Å². The van der Waals surface area contributed by atoms with Crippen molar-refractivity contribution in [1.82, 2.24) is 4.57 Å². The molecule has 1 aliphatic rings. The number of fused-ring (bicyclic) bond motifs is 1. The summed E-state index contributed by atoms with van der Waals surface area (Å²) < 4.78 is 13.2.